The lowest BCUT2D eigenvalue weighted by Gasteiger charge is -2.21. The molecule has 0 aromatic heterocycles. The Morgan fingerprint density at radius 3 is 1.90 bits per heavy atom. The lowest BCUT2D eigenvalue weighted by Crippen LogP contribution is -2.21. The van der Waals surface area contributed by atoms with Crippen LogP contribution in [-0.2, 0) is 9.53 Å². The predicted octanol–water partition coefficient (Wildman–Crippen LogP) is 5.99. The molecule has 0 radical (unpaired) electrons. The minimum Gasteiger partial charge on any atom is -0.462 e. The molecule has 0 amide bonds. The van der Waals surface area contributed by atoms with Crippen LogP contribution in [0.4, 0.5) is 0 Å². The van der Waals surface area contributed by atoms with Gasteiger partial charge >= 0.3 is 5.97 Å². The topological polar surface area (TPSA) is 26.3 Å². The molecule has 0 aliphatic heterocycles. The molecule has 0 saturated heterocycles. The predicted molar refractivity (Wildman–Crippen MR) is 91.3 cm³/mol. The summed E-state index contributed by atoms with van der Waals surface area (Å²) >= 11 is 0. The Kier molecular flexibility index (Phi) is 11.8. The number of hydrogen-bond donors (Lipinski definition) is 0. The van der Waals surface area contributed by atoms with Gasteiger partial charge in [0.2, 0.25) is 0 Å². The van der Waals surface area contributed by atoms with Crippen molar-refractivity contribution in [3.8, 4) is 0 Å². The van der Waals surface area contributed by atoms with Crippen molar-refractivity contribution in [2.24, 2.45) is 17.8 Å². The molecule has 0 bridgehead atoms. The number of hydrogen-bond acceptors (Lipinski definition) is 2. The summed E-state index contributed by atoms with van der Waals surface area (Å²) in [5.74, 6) is 2.10. The van der Waals surface area contributed by atoms with Gasteiger partial charge in [0, 0.05) is 6.42 Å². The Morgan fingerprint density at radius 2 is 1.38 bits per heavy atom. The van der Waals surface area contributed by atoms with Gasteiger partial charge in [0.15, 0.2) is 0 Å². The van der Waals surface area contributed by atoms with Crippen LogP contribution in [0, 0.1) is 17.8 Å². The Balaban J connectivity index is 3.69. The first-order chi connectivity index (χ1) is 9.90. The number of rotatable bonds is 12. The minimum absolute atomic E-state index is 0.0539. The number of esters is 1. The van der Waals surface area contributed by atoms with E-state index in [0.29, 0.717) is 12.3 Å². The summed E-state index contributed by atoms with van der Waals surface area (Å²) in [6, 6.07) is 0. The first kappa shape index (κ1) is 20.5. The standard InChI is InChI=1S/C19H38O2/c1-7-15(3)11-9-12-16(4)13-10-14-17(5)18(6)21-19(20)8-2/h15-18H,7-14H2,1-6H3/t15-,16-,17-,18-/m0/s1. The van der Waals surface area contributed by atoms with Crippen LogP contribution in [0.2, 0.25) is 0 Å². The van der Waals surface area contributed by atoms with Crippen LogP contribution in [0.5, 0.6) is 0 Å². The van der Waals surface area contributed by atoms with Crippen LogP contribution in [0.3, 0.4) is 0 Å². The van der Waals surface area contributed by atoms with Gasteiger partial charge in [0.1, 0.15) is 6.10 Å². The van der Waals surface area contributed by atoms with Crippen LogP contribution in [-0.4, -0.2) is 12.1 Å². The van der Waals surface area contributed by atoms with Crippen LogP contribution >= 0.6 is 0 Å². The molecule has 0 heterocycles. The zero-order valence-corrected chi connectivity index (χ0v) is 15.3. The second-order valence-corrected chi connectivity index (χ2v) is 7.01. The molecule has 0 fully saturated rings. The van der Waals surface area contributed by atoms with Gasteiger partial charge in [-0.15, -0.1) is 0 Å². The van der Waals surface area contributed by atoms with E-state index in [1.807, 2.05) is 13.8 Å². The van der Waals surface area contributed by atoms with Gasteiger partial charge in [-0.25, -0.2) is 0 Å². The monoisotopic (exact) mass is 298 g/mol. The summed E-state index contributed by atoms with van der Waals surface area (Å²) < 4.78 is 5.38. The van der Waals surface area contributed by atoms with E-state index in [0.717, 1.165) is 18.3 Å². The summed E-state index contributed by atoms with van der Waals surface area (Å²) in [6.07, 6.45) is 9.66. The van der Waals surface area contributed by atoms with Crippen molar-refractivity contribution in [3.05, 3.63) is 0 Å². The Hall–Kier alpha value is -0.530. The third-order valence-electron chi connectivity index (χ3n) is 4.85. The molecule has 0 unspecified atom stereocenters. The van der Waals surface area contributed by atoms with E-state index in [4.69, 9.17) is 4.74 Å². The fourth-order valence-electron chi connectivity index (χ4n) is 2.59. The molecule has 2 nitrogen and oxygen atoms in total. The first-order valence-electron chi connectivity index (χ1n) is 9.10. The van der Waals surface area contributed by atoms with E-state index < -0.39 is 0 Å². The van der Waals surface area contributed by atoms with E-state index in [1.54, 1.807) is 0 Å². The van der Waals surface area contributed by atoms with E-state index in [-0.39, 0.29) is 12.1 Å². The third-order valence-corrected chi connectivity index (χ3v) is 4.85. The molecule has 126 valence electrons. The molecule has 21 heavy (non-hydrogen) atoms. The van der Waals surface area contributed by atoms with Crippen molar-refractivity contribution < 1.29 is 9.53 Å². The van der Waals surface area contributed by atoms with Crippen LogP contribution < -0.4 is 0 Å². The van der Waals surface area contributed by atoms with Gasteiger partial charge in [0.25, 0.3) is 0 Å². The normalized spacial score (nSPS) is 17.0. The average Bonchev–Trinajstić information content (AvgIpc) is 2.46. The fraction of sp³-hybridized carbons (Fsp3) is 0.947. The molecule has 0 aromatic carbocycles. The lowest BCUT2D eigenvalue weighted by atomic mass is 9.91. The Bertz CT molecular complexity index is 262. The maximum absolute atomic E-state index is 11.3. The maximum atomic E-state index is 11.3. The second kappa shape index (κ2) is 12.1. The number of carbonyl (C=O) groups is 1. The summed E-state index contributed by atoms with van der Waals surface area (Å²) in [4.78, 5) is 11.3. The highest BCUT2D eigenvalue weighted by atomic mass is 16.5. The molecule has 0 aromatic rings. The van der Waals surface area contributed by atoms with Gasteiger partial charge < -0.3 is 4.74 Å². The summed E-state index contributed by atoms with van der Waals surface area (Å²) in [5, 5.41) is 0. The largest absolute Gasteiger partial charge is 0.462 e. The van der Waals surface area contributed by atoms with Crippen molar-refractivity contribution in [3.63, 3.8) is 0 Å². The summed E-state index contributed by atoms with van der Waals surface area (Å²) in [5.41, 5.74) is 0. The van der Waals surface area contributed by atoms with Crippen molar-refractivity contribution in [2.75, 3.05) is 0 Å². The quantitative estimate of drug-likeness (QED) is 0.414. The van der Waals surface area contributed by atoms with Crippen LogP contribution in [0.25, 0.3) is 0 Å². The van der Waals surface area contributed by atoms with E-state index in [1.165, 1.54) is 38.5 Å². The Morgan fingerprint density at radius 1 is 0.857 bits per heavy atom. The molecule has 2 heteroatoms. The number of carbonyl (C=O) groups excluding carboxylic acids is 1. The maximum Gasteiger partial charge on any atom is 0.305 e. The van der Waals surface area contributed by atoms with Gasteiger partial charge in [-0.2, -0.15) is 0 Å². The zero-order valence-electron chi connectivity index (χ0n) is 15.3. The molecule has 0 spiro atoms. The minimum atomic E-state index is -0.0761. The zero-order chi connectivity index (χ0) is 16.3. The number of ether oxygens (including phenoxy) is 1. The van der Waals surface area contributed by atoms with Crippen LogP contribution in [0.15, 0.2) is 0 Å². The highest BCUT2D eigenvalue weighted by Crippen LogP contribution is 2.22. The van der Waals surface area contributed by atoms with Crippen molar-refractivity contribution in [1.82, 2.24) is 0 Å². The molecular formula is C19H38O2. The molecule has 0 rings (SSSR count). The SMILES string of the molecule is CCC(=O)O[C@@H](C)[C@@H](C)CCC[C@@H](C)CCC[C@@H](C)CC. The van der Waals surface area contributed by atoms with E-state index >= 15 is 0 Å². The second-order valence-electron chi connectivity index (χ2n) is 7.01. The fourth-order valence-corrected chi connectivity index (χ4v) is 2.59. The Labute approximate surface area is 133 Å². The van der Waals surface area contributed by atoms with Crippen molar-refractivity contribution >= 4 is 5.97 Å². The highest BCUT2D eigenvalue weighted by molar-refractivity contribution is 5.69. The lowest BCUT2D eigenvalue weighted by molar-refractivity contribution is -0.150. The molecule has 4 atom stereocenters. The summed E-state index contributed by atoms with van der Waals surface area (Å²) in [7, 11) is 0. The highest BCUT2D eigenvalue weighted by Gasteiger charge is 2.16. The van der Waals surface area contributed by atoms with E-state index in [2.05, 4.69) is 27.7 Å². The van der Waals surface area contributed by atoms with Crippen LogP contribution in [0.1, 0.15) is 92.9 Å². The third kappa shape index (κ3) is 10.8. The molecule has 0 N–H and O–H groups in total. The average molecular weight is 299 g/mol. The van der Waals surface area contributed by atoms with Gasteiger partial charge in [-0.05, 0) is 31.1 Å². The van der Waals surface area contributed by atoms with Gasteiger partial charge in [-0.1, -0.05) is 73.1 Å². The molecule has 0 aliphatic carbocycles. The molecular weight excluding hydrogens is 260 g/mol. The van der Waals surface area contributed by atoms with Gasteiger partial charge in [0.05, 0.1) is 0 Å². The van der Waals surface area contributed by atoms with Crippen molar-refractivity contribution in [2.45, 2.75) is 99.0 Å². The van der Waals surface area contributed by atoms with Gasteiger partial charge in [-0.3, -0.25) is 4.79 Å². The molecule has 0 aliphatic rings. The van der Waals surface area contributed by atoms with Crippen molar-refractivity contribution in [1.29, 1.82) is 0 Å². The smallest absolute Gasteiger partial charge is 0.305 e. The first-order valence-corrected chi connectivity index (χ1v) is 9.10. The molecule has 0 saturated carbocycles. The summed E-state index contributed by atoms with van der Waals surface area (Å²) in [6.45, 7) is 13.1. The van der Waals surface area contributed by atoms with E-state index in [9.17, 15) is 4.79 Å².